The Hall–Kier alpha value is -1.06. The van der Waals surface area contributed by atoms with Crippen molar-refractivity contribution >= 4 is 0 Å². The minimum Gasteiger partial charge on any atom is -0.283 e. The summed E-state index contributed by atoms with van der Waals surface area (Å²) in [7, 11) is 0. The highest BCUT2D eigenvalue weighted by atomic mass is 16.5. The van der Waals surface area contributed by atoms with Gasteiger partial charge in [-0.15, -0.1) is 0 Å². The van der Waals surface area contributed by atoms with Gasteiger partial charge in [0.2, 0.25) is 0 Å². The summed E-state index contributed by atoms with van der Waals surface area (Å²) in [6.45, 7) is 0. The van der Waals surface area contributed by atoms with Gasteiger partial charge in [-0.25, -0.2) is 4.79 Å². The van der Waals surface area contributed by atoms with Crippen molar-refractivity contribution in [1.82, 2.24) is 5.27 Å². The predicted octanol–water partition coefficient (Wildman–Crippen LogP) is -0.237. The molecular formula is C7H9N2O2+. The molecule has 1 saturated carbocycles. The first-order valence-corrected chi connectivity index (χ1v) is 3.98. The zero-order chi connectivity index (χ0) is 7.42. The highest BCUT2D eigenvalue weighted by Crippen LogP contribution is 2.44. The second-order valence-corrected chi connectivity index (χ2v) is 3.40. The molecule has 2 atom stereocenters. The van der Waals surface area contributed by atoms with Crippen LogP contribution in [0.4, 0.5) is 0 Å². The van der Waals surface area contributed by atoms with E-state index in [2.05, 4.69) is 5.27 Å². The molecule has 2 heterocycles. The van der Waals surface area contributed by atoms with E-state index in [1.807, 2.05) is 4.68 Å². The number of nitrogens with one attached hydrogen (secondary N) is 1. The lowest BCUT2D eigenvalue weighted by Gasteiger charge is -1.98. The monoisotopic (exact) mass is 153 g/mol. The molecule has 0 bridgehead atoms. The van der Waals surface area contributed by atoms with Crippen LogP contribution in [0.25, 0.3) is 0 Å². The van der Waals surface area contributed by atoms with Crippen molar-refractivity contribution < 1.29 is 9.20 Å². The third-order valence-electron chi connectivity index (χ3n) is 2.73. The molecule has 0 radical (unpaired) electrons. The van der Waals surface area contributed by atoms with Crippen LogP contribution in [0.15, 0.2) is 9.32 Å². The molecule has 3 rings (SSSR count). The van der Waals surface area contributed by atoms with Crippen molar-refractivity contribution in [3.8, 4) is 0 Å². The van der Waals surface area contributed by atoms with Crippen molar-refractivity contribution in [1.29, 1.82) is 0 Å². The largest absolute Gasteiger partial charge is 0.429 e. The molecule has 2 aliphatic rings. The fourth-order valence-corrected chi connectivity index (χ4v) is 1.97. The van der Waals surface area contributed by atoms with E-state index in [0.29, 0.717) is 6.04 Å². The minimum atomic E-state index is -0.185. The maximum Gasteiger partial charge on any atom is 0.429 e. The molecule has 0 spiro atoms. The maximum atomic E-state index is 11.0. The van der Waals surface area contributed by atoms with Gasteiger partial charge in [0, 0.05) is 18.8 Å². The third-order valence-corrected chi connectivity index (χ3v) is 2.73. The molecule has 2 unspecified atom stereocenters. The lowest BCUT2D eigenvalue weighted by molar-refractivity contribution is -0.777. The first kappa shape index (κ1) is 5.57. The molecule has 1 aliphatic carbocycles. The summed E-state index contributed by atoms with van der Waals surface area (Å²) in [5.74, 6) is 0.806. The summed E-state index contributed by atoms with van der Waals surface area (Å²) in [5.41, 5.74) is 0.638. The van der Waals surface area contributed by atoms with Gasteiger partial charge in [0.25, 0.3) is 5.69 Å². The Kier molecular flexibility index (Phi) is 0.796. The molecule has 11 heavy (non-hydrogen) atoms. The van der Waals surface area contributed by atoms with Gasteiger partial charge in [0.15, 0.2) is 6.04 Å². The van der Waals surface area contributed by atoms with Gasteiger partial charge in [-0.05, 0) is 11.7 Å². The van der Waals surface area contributed by atoms with Crippen LogP contribution in [-0.2, 0) is 6.42 Å². The summed E-state index contributed by atoms with van der Waals surface area (Å²) in [5, 5.41) is 2.65. The number of hydrogen-bond donors (Lipinski definition) is 1. The number of aromatic nitrogens is 2. The third kappa shape index (κ3) is 0.593. The molecular weight excluding hydrogens is 144 g/mol. The first-order chi connectivity index (χ1) is 5.36. The Bertz CT molecular complexity index is 352. The SMILES string of the molecule is O=c1o[nH][n+]2c1CCC1CC12. The van der Waals surface area contributed by atoms with Gasteiger partial charge in [-0.3, -0.25) is 4.52 Å². The van der Waals surface area contributed by atoms with Gasteiger partial charge >= 0.3 is 5.63 Å². The number of aromatic amines is 1. The van der Waals surface area contributed by atoms with Crippen LogP contribution < -0.4 is 10.3 Å². The van der Waals surface area contributed by atoms with E-state index < -0.39 is 0 Å². The smallest absolute Gasteiger partial charge is 0.283 e. The molecule has 1 aromatic heterocycles. The Labute approximate surface area is 62.8 Å². The number of rotatable bonds is 0. The second kappa shape index (κ2) is 1.57. The summed E-state index contributed by atoms with van der Waals surface area (Å²) in [6, 6.07) is 0.546. The summed E-state index contributed by atoms with van der Waals surface area (Å²) >= 11 is 0. The van der Waals surface area contributed by atoms with Crippen molar-refractivity contribution in [2.24, 2.45) is 5.92 Å². The molecule has 1 aliphatic heterocycles. The molecule has 1 aromatic rings. The van der Waals surface area contributed by atoms with Crippen molar-refractivity contribution in [2.75, 3.05) is 0 Å². The van der Waals surface area contributed by atoms with E-state index in [4.69, 9.17) is 4.52 Å². The van der Waals surface area contributed by atoms with E-state index in [0.717, 1.165) is 24.5 Å². The van der Waals surface area contributed by atoms with Crippen LogP contribution in [0.3, 0.4) is 0 Å². The van der Waals surface area contributed by atoms with Crippen LogP contribution in [0.5, 0.6) is 0 Å². The maximum absolute atomic E-state index is 11.0. The number of nitrogens with zero attached hydrogens (tertiary/aromatic N) is 1. The predicted molar refractivity (Wildman–Crippen MR) is 35.0 cm³/mol. The Balaban J connectivity index is 2.23. The van der Waals surface area contributed by atoms with Crippen molar-refractivity contribution in [2.45, 2.75) is 25.3 Å². The Morgan fingerprint density at radius 3 is 3.45 bits per heavy atom. The van der Waals surface area contributed by atoms with E-state index in [-0.39, 0.29) is 5.63 Å². The summed E-state index contributed by atoms with van der Waals surface area (Å²) in [6.07, 6.45) is 3.26. The fraction of sp³-hybridized carbons (Fsp3) is 0.714. The van der Waals surface area contributed by atoms with Crippen LogP contribution >= 0.6 is 0 Å². The number of hydrogen-bond acceptors (Lipinski definition) is 2. The standard InChI is InChI=1S/C7H8N2O2/c10-7-5-2-1-4-3-6(4)9(5)8-11-7/h4,6H,1-3H2/p+1. The van der Waals surface area contributed by atoms with Crippen LogP contribution in [0.1, 0.15) is 24.6 Å². The topological polar surface area (TPSA) is 49.9 Å². The lowest BCUT2D eigenvalue weighted by atomic mass is 10.1. The van der Waals surface area contributed by atoms with Crippen molar-refractivity contribution in [3.05, 3.63) is 16.1 Å². The van der Waals surface area contributed by atoms with Gasteiger partial charge in [-0.2, -0.15) is 0 Å². The molecule has 0 aromatic carbocycles. The van der Waals surface area contributed by atoms with Crippen LogP contribution in [0, 0.1) is 5.92 Å². The zero-order valence-corrected chi connectivity index (χ0v) is 6.04. The van der Waals surface area contributed by atoms with Crippen LogP contribution in [0.2, 0.25) is 0 Å². The Morgan fingerprint density at radius 1 is 1.64 bits per heavy atom. The van der Waals surface area contributed by atoms with Crippen molar-refractivity contribution in [3.63, 3.8) is 0 Å². The van der Waals surface area contributed by atoms with Crippen LogP contribution in [-0.4, -0.2) is 5.27 Å². The number of fused-ring (bicyclic) bond motifs is 3. The second-order valence-electron chi connectivity index (χ2n) is 3.40. The molecule has 0 saturated heterocycles. The highest BCUT2D eigenvalue weighted by Gasteiger charge is 2.52. The average molecular weight is 153 g/mol. The van der Waals surface area contributed by atoms with E-state index in [1.54, 1.807) is 0 Å². The first-order valence-electron chi connectivity index (χ1n) is 3.98. The van der Waals surface area contributed by atoms with Gasteiger partial charge < -0.3 is 0 Å². The highest BCUT2D eigenvalue weighted by molar-refractivity contribution is 4.94. The quantitative estimate of drug-likeness (QED) is 0.523. The molecule has 4 nitrogen and oxygen atoms in total. The normalized spacial score (nSPS) is 32.7. The number of H-pyrrole nitrogens is 1. The van der Waals surface area contributed by atoms with E-state index in [1.165, 1.54) is 6.42 Å². The van der Waals surface area contributed by atoms with Gasteiger partial charge in [0.05, 0.1) is 0 Å². The lowest BCUT2D eigenvalue weighted by Crippen LogP contribution is -2.43. The van der Waals surface area contributed by atoms with E-state index in [9.17, 15) is 4.79 Å². The molecule has 58 valence electrons. The molecule has 4 heteroatoms. The minimum absolute atomic E-state index is 0.185. The average Bonchev–Trinajstić information content (AvgIpc) is 2.71. The zero-order valence-electron chi connectivity index (χ0n) is 6.04. The van der Waals surface area contributed by atoms with Gasteiger partial charge in [0.1, 0.15) is 0 Å². The summed E-state index contributed by atoms with van der Waals surface area (Å²) in [4.78, 5) is 11.0. The summed E-state index contributed by atoms with van der Waals surface area (Å²) < 4.78 is 6.60. The molecule has 1 N–H and O–H groups in total. The fourth-order valence-electron chi connectivity index (χ4n) is 1.97. The van der Waals surface area contributed by atoms with Gasteiger partial charge in [-0.1, -0.05) is 4.68 Å². The van der Waals surface area contributed by atoms with E-state index >= 15 is 0 Å². The molecule has 0 amide bonds. The molecule has 1 fully saturated rings. The Morgan fingerprint density at radius 2 is 2.55 bits per heavy atom.